The van der Waals surface area contributed by atoms with Crippen LogP contribution in [0.1, 0.15) is 84.1 Å². The molecule has 1 N–H and O–H groups in total. The number of nitrogens with zero attached hydrogens (tertiary/aromatic N) is 2. The van der Waals surface area contributed by atoms with E-state index in [1.807, 2.05) is 24.3 Å². The molecule has 2 saturated heterocycles. The van der Waals surface area contributed by atoms with E-state index in [0.717, 1.165) is 11.1 Å². The Hall–Kier alpha value is -3.72. The maximum atomic E-state index is 15.0. The van der Waals surface area contributed by atoms with E-state index in [1.165, 1.54) is 11.0 Å². The number of hydrogen-bond acceptors (Lipinski definition) is 3. The largest absolute Gasteiger partial charge is 0.404 e. The Balaban J connectivity index is 1.46. The van der Waals surface area contributed by atoms with Gasteiger partial charge in [-0.2, -0.15) is 13.2 Å². The van der Waals surface area contributed by atoms with Crippen molar-refractivity contribution < 1.29 is 27.2 Å². The lowest BCUT2D eigenvalue weighted by Gasteiger charge is -2.41. The summed E-state index contributed by atoms with van der Waals surface area (Å²) in [6, 6.07) is 17.1. The zero-order valence-corrected chi connectivity index (χ0v) is 25.3. The third kappa shape index (κ3) is 6.83. The summed E-state index contributed by atoms with van der Waals surface area (Å²) in [5, 5.41) is 3.04. The molecule has 2 aliphatic rings. The molecule has 3 aromatic rings. The van der Waals surface area contributed by atoms with Gasteiger partial charge in [-0.3, -0.25) is 14.5 Å². The number of hydrogen-bond donors (Lipinski definition) is 1. The molecule has 2 amide bonds. The van der Waals surface area contributed by atoms with Gasteiger partial charge in [0.1, 0.15) is 11.9 Å². The van der Waals surface area contributed by atoms with E-state index in [9.17, 15) is 27.2 Å². The van der Waals surface area contributed by atoms with Crippen LogP contribution in [0.4, 0.5) is 23.2 Å². The standard InChI is InChI=1S/C35H39F4N3O2/c1-22(2)26-9-5-10-27(20-26)40-33(43)28-11-6-19-42(34(44)31-23(3)8-4-12-29(31)36)32(28)25-16-14-24(15-17-25)21-41-18-7-13-30(41)35(37,38)39/h4-5,8-10,12,14-17,20,22,28,30,32H,6-7,11,13,18-19,21H2,1-3H3,(H,40,43)/t28?,30?,32-/m0/s1. The molecule has 3 aromatic carbocycles. The van der Waals surface area contributed by atoms with Crippen molar-refractivity contribution in [3.63, 3.8) is 0 Å². The second-order valence-electron chi connectivity index (χ2n) is 12.3. The molecular weight excluding hydrogens is 570 g/mol. The molecule has 0 bridgehead atoms. The fourth-order valence-corrected chi connectivity index (χ4v) is 6.61. The first-order valence-electron chi connectivity index (χ1n) is 15.3. The molecule has 0 aliphatic carbocycles. The lowest BCUT2D eigenvalue weighted by atomic mass is 9.83. The minimum absolute atomic E-state index is 0.0213. The van der Waals surface area contributed by atoms with Crippen molar-refractivity contribution in [1.29, 1.82) is 0 Å². The maximum absolute atomic E-state index is 15.0. The molecule has 3 atom stereocenters. The number of aryl methyl sites for hydroxylation is 1. The Kier molecular flexibility index (Phi) is 9.44. The summed E-state index contributed by atoms with van der Waals surface area (Å²) in [5.74, 6) is -1.70. The molecule has 5 nitrogen and oxygen atoms in total. The van der Waals surface area contributed by atoms with Crippen LogP contribution in [-0.2, 0) is 11.3 Å². The van der Waals surface area contributed by atoms with E-state index in [1.54, 1.807) is 48.2 Å². The predicted molar refractivity (Wildman–Crippen MR) is 163 cm³/mol. The number of piperidine rings is 1. The van der Waals surface area contributed by atoms with Crippen molar-refractivity contribution in [2.24, 2.45) is 5.92 Å². The fourth-order valence-electron chi connectivity index (χ4n) is 6.61. The number of benzene rings is 3. The molecule has 0 spiro atoms. The molecule has 9 heteroatoms. The van der Waals surface area contributed by atoms with Crippen LogP contribution >= 0.6 is 0 Å². The fraction of sp³-hybridized carbons (Fsp3) is 0.429. The van der Waals surface area contributed by atoms with Crippen molar-refractivity contribution in [2.45, 2.75) is 77.2 Å². The first kappa shape index (κ1) is 31.7. The average molecular weight is 610 g/mol. The van der Waals surface area contributed by atoms with Crippen LogP contribution in [0.2, 0.25) is 0 Å². The summed E-state index contributed by atoms with van der Waals surface area (Å²) in [6.07, 6.45) is -2.62. The summed E-state index contributed by atoms with van der Waals surface area (Å²) < 4.78 is 55.6. The number of anilines is 1. The van der Waals surface area contributed by atoms with Gasteiger partial charge < -0.3 is 10.2 Å². The lowest BCUT2D eigenvalue weighted by molar-refractivity contribution is -0.177. The van der Waals surface area contributed by atoms with Gasteiger partial charge in [0.2, 0.25) is 5.91 Å². The van der Waals surface area contributed by atoms with Crippen molar-refractivity contribution in [2.75, 3.05) is 18.4 Å². The molecule has 2 fully saturated rings. The van der Waals surface area contributed by atoms with Crippen LogP contribution in [0.15, 0.2) is 66.7 Å². The predicted octanol–water partition coefficient (Wildman–Crippen LogP) is 8.02. The first-order valence-corrected chi connectivity index (χ1v) is 15.3. The number of rotatable bonds is 7. The minimum atomic E-state index is -4.28. The Bertz CT molecular complexity index is 1470. The van der Waals surface area contributed by atoms with Gasteiger partial charge in [-0.1, -0.05) is 62.4 Å². The van der Waals surface area contributed by atoms with E-state index >= 15 is 0 Å². The molecule has 5 rings (SSSR count). The molecular formula is C35H39F4N3O2. The van der Waals surface area contributed by atoms with Crippen molar-refractivity contribution in [3.05, 3.63) is 100 Å². The smallest absolute Gasteiger partial charge is 0.331 e. The van der Waals surface area contributed by atoms with Crippen molar-refractivity contribution >= 4 is 17.5 Å². The molecule has 0 aromatic heterocycles. The Labute approximate surface area is 256 Å². The number of amides is 2. The highest BCUT2D eigenvalue weighted by Gasteiger charge is 2.46. The minimum Gasteiger partial charge on any atom is -0.331 e. The molecule has 0 saturated carbocycles. The average Bonchev–Trinajstić information content (AvgIpc) is 3.46. The molecule has 44 heavy (non-hydrogen) atoms. The number of likely N-dealkylation sites (tertiary alicyclic amines) is 2. The van der Waals surface area contributed by atoms with Crippen LogP contribution in [0, 0.1) is 18.7 Å². The zero-order chi connectivity index (χ0) is 31.6. The van der Waals surface area contributed by atoms with Crippen LogP contribution in [0.25, 0.3) is 0 Å². The topological polar surface area (TPSA) is 52.7 Å². The van der Waals surface area contributed by atoms with Gasteiger partial charge >= 0.3 is 6.18 Å². The van der Waals surface area contributed by atoms with E-state index in [0.29, 0.717) is 49.2 Å². The third-order valence-corrected chi connectivity index (χ3v) is 8.93. The van der Waals surface area contributed by atoms with Gasteiger partial charge in [0.15, 0.2) is 0 Å². The maximum Gasteiger partial charge on any atom is 0.404 e. The van der Waals surface area contributed by atoms with Crippen LogP contribution in [0.5, 0.6) is 0 Å². The lowest BCUT2D eigenvalue weighted by Crippen LogP contribution is -2.46. The van der Waals surface area contributed by atoms with Gasteiger partial charge in [0.25, 0.3) is 5.91 Å². The van der Waals surface area contributed by atoms with Gasteiger partial charge in [0, 0.05) is 18.8 Å². The molecule has 2 unspecified atom stereocenters. The number of nitrogens with one attached hydrogen (secondary N) is 1. The van der Waals surface area contributed by atoms with Gasteiger partial charge in [0.05, 0.1) is 17.5 Å². The first-order chi connectivity index (χ1) is 20.9. The van der Waals surface area contributed by atoms with Crippen molar-refractivity contribution in [1.82, 2.24) is 9.80 Å². The van der Waals surface area contributed by atoms with Gasteiger partial charge in [-0.15, -0.1) is 0 Å². The summed E-state index contributed by atoms with van der Waals surface area (Å²) >= 11 is 0. The summed E-state index contributed by atoms with van der Waals surface area (Å²) in [5.41, 5.74) is 3.62. The quantitative estimate of drug-likeness (QED) is 0.276. The number of halogens is 4. The highest BCUT2D eigenvalue weighted by atomic mass is 19.4. The Morgan fingerprint density at radius 1 is 0.955 bits per heavy atom. The summed E-state index contributed by atoms with van der Waals surface area (Å²) in [4.78, 5) is 30.8. The summed E-state index contributed by atoms with van der Waals surface area (Å²) in [7, 11) is 0. The van der Waals surface area contributed by atoms with E-state index in [2.05, 4.69) is 19.2 Å². The van der Waals surface area contributed by atoms with Crippen LogP contribution in [0.3, 0.4) is 0 Å². The third-order valence-electron chi connectivity index (χ3n) is 8.93. The number of carbonyl (C=O) groups excluding carboxylic acids is 2. The van der Waals surface area contributed by atoms with Gasteiger partial charge in [-0.25, -0.2) is 4.39 Å². The van der Waals surface area contributed by atoms with Crippen LogP contribution < -0.4 is 5.32 Å². The second-order valence-corrected chi connectivity index (χ2v) is 12.3. The monoisotopic (exact) mass is 609 g/mol. The van der Waals surface area contributed by atoms with Crippen LogP contribution in [-0.4, -0.2) is 46.9 Å². The highest BCUT2D eigenvalue weighted by Crippen LogP contribution is 2.39. The van der Waals surface area contributed by atoms with E-state index in [-0.39, 0.29) is 30.4 Å². The molecule has 2 heterocycles. The number of alkyl halides is 3. The Morgan fingerprint density at radius 3 is 2.34 bits per heavy atom. The molecule has 234 valence electrons. The SMILES string of the molecule is Cc1cccc(F)c1C(=O)N1CCCC(C(=O)Nc2cccc(C(C)C)c2)[C@@H]1c1ccc(CN2CCCC2C(F)(F)F)cc1. The highest BCUT2D eigenvalue weighted by molar-refractivity contribution is 5.98. The molecule has 2 aliphatic heterocycles. The zero-order valence-electron chi connectivity index (χ0n) is 25.3. The summed E-state index contributed by atoms with van der Waals surface area (Å²) in [6.45, 7) is 6.70. The van der Waals surface area contributed by atoms with E-state index in [4.69, 9.17) is 0 Å². The normalized spacial score (nSPS) is 21.1. The van der Waals surface area contributed by atoms with Gasteiger partial charge in [-0.05, 0) is 85.5 Å². The van der Waals surface area contributed by atoms with E-state index < -0.39 is 35.9 Å². The Morgan fingerprint density at radius 2 is 1.66 bits per heavy atom. The molecule has 0 radical (unpaired) electrons. The second kappa shape index (κ2) is 13.1. The number of carbonyl (C=O) groups is 2. The van der Waals surface area contributed by atoms with Crippen molar-refractivity contribution in [3.8, 4) is 0 Å².